The standard InChI is InChI=1S/C22H21N5OS/c1-21(17-9-8-16(12-23)29-17)18(19(28)27(2)20(25)26-21)14-4-6-15(7-5-14)22(13-24)10-3-11-22/h4-9,18H,3,10-11H2,1-2H3,(H2,25,26)/t18-,21-/m1/s1. The van der Waals surface area contributed by atoms with Gasteiger partial charge in [0.25, 0.3) is 0 Å². The summed E-state index contributed by atoms with van der Waals surface area (Å²) in [6.07, 6.45) is 2.81. The fourth-order valence-electron chi connectivity index (χ4n) is 4.25. The average molecular weight is 404 g/mol. The van der Waals surface area contributed by atoms with E-state index in [1.807, 2.05) is 37.3 Å². The molecule has 6 nitrogen and oxygen atoms in total. The van der Waals surface area contributed by atoms with Crippen molar-refractivity contribution < 1.29 is 4.79 Å². The van der Waals surface area contributed by atoms with Crippen LogP contribution >= 0.6 is 11.3 Å². The summed E-state index contributed by atoms with van der Waals surface area (Å²) >= 11 is 1.33. The number of likely N-dealkylation sites (N-methyl/N-ethyl adjacent to an activating group) is 1. The maximum atomic E-state index is 13.3. The molecule has 29 heavy (non-hydrogen) atoms. The van der Waals surface area contributed by atoms with E-state index in [2.05, 4.69) is 17.1 Å². The van der Waals surface area contributed by atoms with Crippen LogP contribution in [-0.4, -0.2) is 23.8 Å². The Bertz CT molecular complexity index is 1080. The summed E-state index contributed by atoms with van der Waals surface area (Å²) in [5.74, 6) is -0.549. The minimum Gasteiger partial charge on any atom is -0.369 e. The molecule has 1 aliphatic carbocycles. The van der Waals surface area contributed by atoms with Crippen LogP contribution in [0.15, 0.2) is 41.4 Å². The Labute approximate surface area is 173 Å². The third-order valence-electron chi connectivity index (χ3n) is 6.26. The Balaban J connectivity index is 1.80. The fraction of sp³-hybridized carbons (Fsp3) is 0.364. The molecule has 1 aliphatic heterocycles. The van der Waals surface area contributed by atoms with Gasteiger partial charge in [-0.3, -0.25) is 9.69 Å². The van der Waals surface area contributed by atoms with Crippen LogP contribution in [0.2, 0.25) is 0 Å². The Morgan fingerprint density at radius 1 is 1.21 bits per heavy atom. The van der Waals surface area contributed by atoms with Gasteiger partial charge in [0.05, 0.1) is 17.4 Å². The third kappa shape index (κ3) is 2.82. The minimum atomic E-state index is -0.904. The van der Waals surface area contributed by atoms with Crippen molar-refractivity contribution in [1.82, 2.24) is 4.90 Å². The molecule has 2 aliphatic rings. The van der Waals surface area contributed by atoms with Gasteiger partial charge in [-0.15, -0.1) is 11.3 Å². The lowest BCUT2D eigenvalue weighted by atomic mass is 9.65. The van der Waals surface area contributed by atoms with E-state index in [9.17, 15) is 15.3 Å². The summed E-state index contributed by atoms with van der Waals surface area (Å²) in [5.41, 5.74) is 6.57. The highest BCUT2D eigenvalue weighted by Gasteiger charge is 2.48. The van der Waals surface area contributed by atoms with Crippen molar-refractivity contribution in [2.75, 3.05) is 7.05 Å². The first kappa shape index (κ1) is 19.2. The number of carbonyl (C=O) groups is 1. The summed E-state index contributed by atoms with van der Waals surface area (Å²) in [4.78, 5) is 20.7. The number of amides is 1. The Morgan fingerprint density at radius 3 is 2.41 bits per heavy atom. The van der Waals surface area contributed by atoms with Crippen LogP contribution in [-0.2, 0) is 15.7 Å². The van der Waals surface area contributed by atoms with Crippen molar-refractivity contribution in [3.05, 3.63) is 57.3 Å². The normalized spacial score (nSPS) is 25.5. The van der Waals surface area contributed by atoms with Crippen LogP contribution in [0.5, 0.6) is 0 Å². The SMILES string of the molecule is CN1C(=O)[C@@H](c2ccc(C3(C#N)CCC3)cc2)[C@@](C)(c2ccc(C#N)s2)N=C1N. The van der Waals surface area contributed by atoms with Crippen molar-refractivity contribution in [2.24, 2.45) is 10.7 Å². The third-order valence-corrected chi connectivity index (χ3v) is 7.48. The maximum absolute atomic E-state index is 13.3. The molecule has 0 spiro atoms. The van der Waals surface area contributed by atoms with Crippen LogP contribution < -0.4 is 5.73 Å². The second kappa shape index (κ2) is 6.72. The van der Waals surface area contributed by atoms with Gasteiger partial charge >= 0.3 is 0 Å². The first-order chi connectivity index (χ1) is 13.8. The van der Waals surface area contributed by atoms with E-state index in [1.54, 1.807) is 13.1 Å². The number of nitrogens with zero attached hydrogens (tertiary/aromatic N) is 4. The Hall–Kier alpha value is -3.16. The van der Waals surface area contributed by atoms with Gasteiger partial charge in [0.1, 0.15) is 16.5 Å². The number of aliphatic imine (C=N–C) groups is 1. The lowest BCUT2D eigenvalue weighted by Crippen LogP contribution is -2.52. The highest BCUT2D eigenvalue weighted by atomic mass is 32.1. The first-order valence-electron chi connectivity index (χ1n) is 9.50. The van der Waals surface area contributed by atoms with Gasteiger partial charge in [-0.05, 0) is 49.4 Å². The molecule has 2 aromatic rings. The van der Waals surface area contributed by atoms with Crippen molar-refractivity contribution in [3.63, 3.8) is 0 Å². The summed E-state index contributed by atoms with van der Waals surface area (Å²) in [5, 5.41) is 18.8. The summed E-state index contributed by atoms with van der Waals surface area (Å²) < 4.78 is 0. The van der Waals surface area contributed by atoms with Gasteiger partial charge in [0.2, 0.25) is 5.91 Å². The monoisotopic (exact) mass is 403 g/mol. The van der Waals surface area contributed by atoms with Gasteiger partial charge in [0, 0.05) is 11.9 Å². The highest BCUT2D eigenvalue weighted by Crippen LogP contribution is 2.47. The smallest absolute Gasteiger partial charge is 0.239 e. The summed E-state index contributed by atoms with van der Waals surface area (Å²) in [6.45, 7) is 1.89. The molecule has 2 atom stereocenters. The number of carbonyl (C=O) groups excluding carboxylic acids is 1. The zero-order valence-corrected chi connectivity index (χ0v) is 17.2. The minimum absolute atomic E-state index is 0.140. The molecule has 1 fully saturated rings. The van der Waals surface area contributed by atoms with E-state index in [0.717, 1.165) is 35.3 Å². The van der Waals surface area contributed by atoms with Gasteiger partial charge in [-0.2, -0.15) is 10.5 Å². The number of hydrogen-bond acceptors (Lipinski definition) is 6. The molecule has 146 valence electrons. The van der Waals surface area contributed by atoms with E-state index in [-0.39, 0.29) is 11.9 Å². The molecule has 0 bridgehead atoms. The topological polar surface area (TPSA) is 106 Å². The first-order valence-corrected chi connectivity index (χ1v) is 10.3. The molecular formula is C22H21N5OS. The van der Waals surface area contributed by atoms with Gasteiger partial charge < -0.3 is 5.73 Å². The molecule has 1 saturated carbocycles. The van der Waals surface area contributed by atoms with E-state index in [1.165, 1.54) is 16.2 Å². The number of nitriles is 2. The molecule has 7 heteroatoms. The van der Waals surface area contributed by atoms with E-state index < -0.39 is 16.9 Å². The highest BCUT2D eigenvalue weighted by molar-refractivity contribution is 7.12. The lowest BCUT2D eigenvalue weighted by molar-refractivity contribution is -0.130. The predicted molar refractivity (Wildman–Crippen MR) is 111 cm³/mol. The van der Waals surface area contributed by atoms with Gasteiger partial charge in [-0.1, -0.05) is 24.3 Å². The number of benzene rings is 1. The second-order valence-electron chi connectivity index (χ2n) is 7.89. The molecule has 0 saturated heterocycles. The number of nitrogens with two attached hydrogens (primary N) is 1. The largest absolute Gasteiger partial charge is 0.369 e. The Morgan fingerprint density at radius 2 is 1.90 bits per heavy atom. The number of hydrogen-bond donors (Lipinski definition) is 1. The van der Waals surface area contributed by atoms with Crippen LogP contribution in [0.4, 0.5) is 0 Å². The molecule has 1 aromatic carbocycles. The van der Waals surface area contributed by atoms with E-state index in [0.29, 0.717) is 4.88 Å². The number of thiophene rings is 1. The van der Waals surface area contributed by atoms with Crippen molar-refractivity contribution >= 4 is 23.2 Å². The van der Waals surface area contributed by atoms with Gasteiger partial charge in [0.15, 0.2) is 5.96 Å². The molecule has 1 amide bonds. The molecule has 0 radical (unpaired) electrons. The fourth-order valence-corrected chi connectivity index (χ4v) is 5.17. The summed E-state index contributed by atoms with van der Waals surface area (Å²) in [7, 11) is 1.62. The maximum Gasteiger partial charge on any atom is 0.239 e. The number of rotatable bonds is 3. The number of guanidine groups is 1. The van der Waals surface area contributed by atoms with Crippen LogP contribution in [0, 0.1) is 22.7 Å². The zero-order chi connectivity index (χ0) is 20.8. The second-order valence-corrected chi connectivity index (χ2v) is 8.98. The lowest BCUT2D eigenvalue weighted by Gasteiger charge is -2.40. The van der Waals surface area contributed by atoms with Crippen molar-refractivity contribution in [3.8, 4) is 12.1 Å². The molecule has 1 aromatic heterocycles. The molecule has 4 rings (SSSR count). The Kier molecular flexibility index (Phi) is 4.44. The van der Waals surface area contributed by atoms with Gasteiger partial charge in [-0.25, -0.2) is 4.99 Å². The average Bonchev–Trinajstić information content (AvgIpc) is 3.17. The van der Waals surface area contributed by atoms with E-state index >= 15 is 0 Å². The molecule has 2 heterocycles. The molecule has 2 N–H and O–H groups in total. The van der Waals surface area contributed by atoms with Crippen LogP contribution in [0.3, 0.4) is 0 Å². The predicted octanol–water partition coefficient (Wildman–Crippen LogP) is 3.35. The van der Waals surface area contributed by atoms with Crippen LogP contribution in [0.1, 0.15) is 53.0 Å². The van der Waals surface area contributed by atoms with E-state index in [4.69, 9.17) is 5.73 Å². The summed E-state index contributed by atoms with van der Waals surface area (Å²) in [6, 6.07) is 16.0. The molecular weight excluding hydrogens is 382 g/mol. The molecule has 0 unspecified atom stereocenters. The van der Waals surface area contributed by atoms with Crippen molar-refractivity contribution in [2.45, 2.75) is 43.1 Å². The van der Waals surface area contributed by atoms with Crippen LogP contribution in [0.25, 0.3) is 0 Å². The quantitative estimate of drug-likeness (QED) is 0.848. The zero-order valence-electron chi connectivity index (χ0n) is 16.3. The van der Waals surface area contributed by atoms with Crippen molar-refractivity contribution in [1.29, 1.82) is 10.5 Å².